The second-order valence-electron chi connectivity index (χ2n) is 27.1. The van der Waals surface area contributed by atoms with Crippen LogP contribution in [-0.4, -0.2) is 8.29 Å². The fourth-order valence-electron chi connectivity index (χ4n) is 13.9. The first-order valence-corrected chi connectivity index (χ1v) is 34.5. The molecule has 0 radical (unpaired) electrons. The van der Waals surface area contributed by atoms with Gasteiger partial charge in [0.15, 0.2) is 0 Å². The molecule has 16 bridgehead atoms. The molecule has 0 aliphatic carbocycles. The number of para-hydroxylation sites is 4. The van der Waals surface area contributed by atoms with Crippen LogP contribution < -0.4 is 24.3 Å². The Balaban J connectivity index is 1.12. The van der Waals surface area contributed by atoms with Crippen molar-refractivity contribution < 1.29 is 22.4 Å². The number of nitrogens with zero attached hydrogens (tertiary/aromatic N) is 4. The van der Waals surface area contributed by atoms with Gasteiger partial charge in [-0.3, -0.25) is 0 Å². The van der Waals surface area contributed by atoms with E-state index in [1.165, 1.54) is 33.4 Å². The summed E-state index contributed by atoms with van der Waals surface area (Å²) in [5.41, 5.74) is 29.3. The summed E-state index contributed by atoms with van der Waals surface area (Å²) in [6, 6.07) is 105. The molecular formula is C86H68N4OPt-2. The van der Waals surface area contributed by atoms with E-state index in [9.17, 15) is 0 Å². The van der Waals surface area contributed by atoms with Crippen molar-refractivity contribution in [3.8, 4) is 78.3 Å². The molecule has 9 aliphatic heterocycles. The fourth-order valence-corrected chi connectivity index (χ4v) is 17.5. The summed E-state index contributed by atoms with van der Waals surface area (Å²) in [6.45, 7) is 13.8. The normalized spacial score (nSPS) is 14.5. The van der Waals surface area contributed by atoms with Crippen molar-refractivity contribution in [2.75, 3.05) is 19.6 Å². The predicted molar refractivity (Wildman–Crippen MR) is 380 cm³/mol. The number of rotatable bonds is 2. The van der Waals surface area contributed by atoms with Gasteiger partial charge in [0, 0.05) is 0 Å². The van der Waals surface area contributed by atoms with E-state index in [2.05, 4.69) is 328 Å². The van der Waals surface area contributed by atoms with Crippen LogP contribution in [0, 0.1) is 12.1 Å². The number of aryl methyl sites for hydroxylation is 4. The Hall–Kier alpha value is -9.93. The number of hydrogen-bond acceptors (Lipinski definition) is 5. The molecule has 6 heteroatoms. The van der Waals surface area contributed by atoms with E-state index in [1.54, 1.807) is 0 Å². The molecule has 0 saturated carbocycles. The average Bonchev–Trinajstić information content (AvgIpc) is 1.54. The van der Waals surface area contributed by atoms with Gasteiger partial charge in [-0.25, -0.2) is 0 Å². The first-order valence-electron chi connectivity index (χ1n) is 32.2. The van der Waals surface area contributed by atoms with Gasteiger partial charge in [-0.15, -0.1) is 0 Å². The number of hydrogen-bond donors (Lipinski definition) is 0. The summed E-state index contributed by atoms with van der Waals surface area (Å²) < 4.78 is 9.67. The van der Waals surface area contributed by atoms with Crippen molar-refractivity contribution >= 4 is 53.8 Å². The second kappa shape index (κ2) is 21.9. The molecule has 9 heterocycles. The zero-order chi connectivity index (χ0) is 62.0. The molecule has 92 heavy (non-hydrogen) atoms. The van der Waals surface area contributed by atoms with Crippen molar-refractivity contribution in [2.24, 2.45) is 0 Å². The van der Waals surface area contributed by atoms with E-state index in [1.807, 2.05) is 0 Å². The Morgan fingerprint density at radius 1 is 0.304 bits per heavy atom. The quantitative estimate of drug-likeness (QED) is 0.160. The maximum atomic E-state index is 7.37. The molecular weight excluding hydrogens is 1300 g/mol. The molecule has 0 unspecified atom stereocenters. The molecule has 450 valence electrons. The molecule has 0 saturated heterocycles. The molecule has 5 nitrogen and oxygen atoms in total. The average molecular weight is 1370 g/mol. The molecule has 12 aromatic carbocycles. The second-order valence-corrected chi connectivity index (χ2v) is 29.7. The van der Waals surface area contributed by atoms with E-state index in [0.717, 1.165) is 146 Å². The van der Waals surface area contributed by atoms with Crippen LogP contribution in [0.15, 0.2) is 255 Å². The summed E-state index contributed by atoms with van der Waals surface area (Å²) >= 11 is -1.41. The third-order valence-electron chi connectivity index (χ3n) is 19.0. The standard InChI is InChI=1S/C86H68N4O.Pt/c1-85(2,3)69-49-71-53-73(51-69)91-74-52-70(86(4,5)6)50-72(54-74)88-56-90(82-24-16-14-22-80(82)88)84-77-47-68(62-19-11-8-12-20-62)48-78(84)66-43-35-60(36-44-66)28-26-58-31-39-64(40-32-58)76-46-67(61-17-9-7-10-18-61)45-75(83(76)89-55-87(71)79-21-13-15-23-81(79)89)63-37-29-57(30-38-63)25-27-59-33-41-65(77)42-34-59;/h7-24,29-52H,25-28H2,1-6H3;/q-2;. The van der Waals surface area contributed by atoms with E-state index in [4.69, 9.17) is 4.74 Å². The molecule has 9 aliphatic rings. The maximum absolute atomic E-state index is 7.37. The Labute approximate surface area is 548 Å². The van der Waals surface area contributed by atoms with Crippen LogP contribution in [-0.2, 0) is 54.2 Å². The van der Waals surface area contributed by atoms with Gasteiger partial charge in [-0.05, 0) is 0 Å². The Bertz CT molecular complexity index is 4540. The van der Waals surface area contributed by atoms with Crippen LogP contribution in [0.5, 0.6) is 11.5 Å². The van der Waals surface area contributed by atoms with Crippen LogP contribution in [0.3, 0.4) is 0 Å². The fraction of sp³-hybridized carbons (Fsp3) is 0.140. The number of benzene rings is 12. The molecule has 21 rings (SSSR count). The summed E-state index contributed by atoms with van der Waals surface area (Å²) in [4.78, 5) is 10.5. The molecule has 0 aromatic heterocycles. The summed E-state index contributed by atoms with van der Waals surface area (Å²) in [5, 5.41) is 0. The van der Waals surface area contributed by atoms with Crippen molar-refractivity contribution in [1.82, 2.24) is 0 Å². The summed E-state index contributed by atoms with van der Waals surface area (Å²) in [6.07, 6.45) is 3.63. The van der Waals surface area contributed by atoms with Gasteiger partial charge in [-0.2, -0.15) is 0 Å². The van der Waals surface area contributed by atoms with E-state index in [0.29, 0.717) is 11.5 Å². The van der Waals surface area contributed by atoms with Gasteiger partial charge in [0.05, 0.1) is 0 Å². The molecule has 0 fully saturated rings. The summed E-state index contributed by atoms with van der Waals surface area (Å²) in [7, 11) is 0. The van der Waals surface area contributed by atoms with E-state index >= 15 is 0 Å². The number of anilines is 8. The van der Waals surface area contributed by atoms with Gasteiger partial charge < -0.3 is 0 Å². The number of ether oxygens (including phenoxy) is 1. The monoisotopic (exact) mass is 1370 g/mol. The minimum absolute atomic E-state index is 0.255. The third-order valence-corrected chi connectivity index (χ3v) is 22.0. The molecule has 0 spiro atoms. The molecule has 0 amide bonds. The Morgan fingerprint density at radius 3 is 0.902 bits per heavy atom. The van der Waals surface area contributed by atoms with Crippen molar-refractivity contribution in [3.63, 3.8) is 0 Å². The van der Waals surface area contributed by atoms with Gasteiger partial charge in [-0.1, -0.05) is 0 Å². The van der Waals surface area contributed by atoms with Crippen LogP contribution in [0.1, 0.15) is 74.9 Å². The zero-order valence-corrected chi connectivity index (χ0v) is 54.9. The first-order chi connectivity index (χ1) is 44.8. The first kappa shape index (κ1) is 56.1. The number of fused-ring (bicyclic) bond motifs is 14. The van der Waals surface area contributed by atoms with E-state index in [-0.39, 0.29) is 10.8 Å². The van der Waals surface area contributed by atoms with E-state index < -0.39 is 17.6 Å². The third kappa shape index (κ3) is 9.79. The topological polar surface area (TPSA) is 22.2 Å². The Kier molecular flexibility index (Phi) is 13.3. The van der Waals surface area contributed by atoms with Crippen LogP contribution >= 0.6 is 0 Å². The van der Waals surface area contributed by atoms with Gasteiger partial charge >= 0.3 is 552 Å². The Morgan fingerprint density at radius 2 is 0.598 bits per heavy atom. The van der Waals surface area contributed by atoms with Crippen molar-refractivity contribution in [2.45, 2.75) is 78.1 Å². The summed E-state index contributed by atoms with van der Waals surface area (Å²) in [5.74, 6) is 1.30. The van der Waals surface area contributed by atoms with Gasteiger partial charge in [0.25, 0.3) is 0 Å². The SMILES string of the molecule is CC(C)(C)c1cc2[c-]c(c1)N1[C]3=[Pt]=[C]4N(c5[c-]c(cc(C(C)(C)C)c5)O2)c2ccccc2N4c2c4cc(-c5ccccc5)cc2-c2ccc(cc2)CCc2ccc(cc2)-c2cc(-c5ccccc5)cc(c2N3c2ccccc21)-c1ccc(cc1)CCc1ccc-4cc1. The van der Waals surface area contributed by atoms with Gasteiger partial charge in [0.1, 0.15) is 0 Å². The van der Waals surface area contributed by atoms with Crippen molar-refractivity contribution in [3.05, 3.63) is 300 Å². The van der Waals surface area contributed by atoms with Gasteiger partial charge in [0.2, 0.25) is 0 Å². The zero-order valence-electron chi connectivity index (χ0n) is 52.6. The molecule has 0 N–H and O–H groups in total. The van der Waals surface area contributed by atoms with Crippen molar-refractivity contribution in [1.29, 1.82) is 0 Å². The molecule has 12 aromatic rings. The predicted octanol–water partition coefficient (Wildman–Crippen LogP) is 21.7. The van der Waals surface area contributed by atoms with Crippen LogP contribution in [0.25, 0.3) is 66.8 Å². The van der Waals surface area contributed by atoms with Crippen LogP contribution in [0.4, 0.5) is 45.5 Å². The minimum atomic E-state index is -1.41. The molecule has 0 atom stereocenters. The van der Waals surface area contributed by atoms with Crippen LogP contribution in [0.2, 0.25) is 0 Å².